The zero-order valence-corrected chi connectivity index (χ0v) is 9.41. The van der Waals surface area contributed by atoms with Crippen molar-refractivity contribution in [3.05, 3.63) is 79.2 Å². The van der Waals surface area contributed by atoms with E-state index in [0.29, 0.717) is 0 Å². The zero-order valence-electron chi connectivity index (χ0n) is 9.41. The molecule has 0 N–H and O–H groups in total. The van der Waals surface area contributed by atoms with Crippen LogP contribution in [0.15, 0.2) is 59.0 Å². The number of nitrogens with zero attached hydrogens (tertiary/aromatic N) is 2. The molecule has 0 radical (unpaired) electrons. The van der Waals surface area contributed by atoms with Gasteiger partial charge in [-0.1, -0.05) is 24.3 Å². The fourth-order valence-electron chi connectivity index (χ4n) is 1.87. The van der Waals surface area contributed by atoms with Crippen molar-refractivity contribution in [3.8, 4) is 0 Å². The van der Waals surface area contributed by atoms with E-state index in [0.717, 1.165) is 11.1 Å². The van der Waals surface area contributed by atoms with Crippen LogP contribution in [0.4, 0.5) is 0 Å². The van der Waals surface area contributed by atoms with Gasteiger partial charge in [-0.25, -0.2) is 0 Å². The maximum Gasteiger partial charge on any atom is 0.250 e. The summed E-state index contributed by atoms with van der Waals surface area (Å²) in [4.78, 5) is 20.5. The summed E-state index contributed by atoms with van der Waals surface area (Å²) in [5.41, 5.74) is 1.72. The molecule has 0 saturated carbocycles. The Hall–Kier alpha value is -2.50. The van der Waals surface area contributed by atoms with E-state index in [2.05, 4.69) is 0 Å². The van der Waals surface area contributed by atoms with Crippen LogP contribution in [0.2, 0.25) is 0 Å². The van der Waals surface area contributed by atoms with Crippen LogP contribution in [0.25, 0.3) is 0 Å². The lowest BCUT2D eigenvalue weighted by atomic mass is 9.94. The third kappa shape index (κ3) is 2.42. The van der Waals surface area contributed by atoms with Gasteiger partial charge in [-0.3, -0.25) is 20.2 Å². The fraction of sp³-hybridized carbons (Fsp3) is 0.167. The quantitative estimate of drug-likeness (QED) is 0.553. The first-order valence-electron chi connectivity index (χ1n) is 5.33. The Bertz CT molecular complexity index is 515. The highest BCUT2D eigenvalue weighted by Gasteiger charge is 2.21. The molecule has 0 saturated heterocycles. The van der Waals surface area contributed by atoms with Crippen molar-refractivity contribution in [1.82, 2.24) is 0 Å². The summed E-state index contributed by atoms with van der Waals surface area (Å²) in [5, 5.41) is 21.4. The Morgan fingerprint density at radius 1 is 0.833 bits per heavy atom. The average Bonchev–Trinajstić information content (AvgIpc) is 2.39. The van der Waals surface area contributed by atoms with Gasteiger partial charge in [0.1, 0.15) is 0 Å². The summed E-state index contributed by atoms with van der Waals surface area (Å²) < 4.78 is 0. The monoisotopic (exact) mass is 246 g/mol. The van der Waals surface area contributed by atoms with Crippen LogP contribution >= 0.6 is 0 Å². The van der Waals surface area contributed by atoms with Crippen LogP contribution in [0.1, 0.15) is 12.8 Å². The molecule has 0 aromatic rings. The predicted octanol–water partition coefficient (Wildman–Crippen LogP) is 2.52. The van der Waals surface area contributed by atoms with Crippen LogP contribution in [0.3, 0.4) is 0 Å². The van der Waals surface area contributed by atoms with Gasteiger partial charge in [0.25, 0.3) is 11.4 Å². The largest absolute Gasteiger partial charge is 0.259 e. The molecule has 0 fully saturated rings. The third-order valence-electron chi connectivity index (χ3n) is 2.80. The van der Waals surface area contributed by atoms with Crippen LogP contribution < -0.4 is 0 Å². The summed E-state index contributed by atoms with van der Waals surface area (Å²) in [6, 6.07) is 0. The maximum atomic E-state index is 10.7. The van der Waals surface area contributed by atoms with Crippen molar-refractivity contribution < 1.29 is 9.85 Å². The first kappa shape index (κ1) is 12.0. The molecule has 6 heteroatoms. The van der Waals surface area contributed by atoms with E-state index >= 15 is 0 Å². The summed E-state index contributed by atoms with van der Waals surface area (Å²) in [5.74, 6) is 0. The number of allylic oxidation sites excluding steroid dienone is 8. The third-order valence-corrected chi connectivity index (χ3v) is 2.80. The second-order valence-corrected chi connectivity index (χ2v) is 3.95. The lowest BCUT2D eigenvalue weighted by molar-refractivity contribution is -0.427. The number of nitro groups is 2. The Balaban J connectivity index is 2.26. The van der Waals surface area contributed by atoms with Crippen LogP contribution in [0.5, 0.6) is 0 Å². The predicted molar refractivity (Wildman–Crippen MR) is 64.7 cm³/mol. The number of hydrogen-bond acceptors (Lipinski definition) is 4. The van der Waals surface area contributed by atoms with E-state index < -0.39 is 9.85 Å². The van der Waals surface area contributed by atoms with E-state index in [1.54, 1.807) is 24.3 Å². The van der Waals surface area contributed by atoms with Gasteiger partial charge < -0.3 is 0 Å². The second-order valence-electron chi connectivity index (χ2n) is 3.95. The zero-order chi connectivity index (χ0) is 13.1. The second kappa shape index (κ2) is 4.79. The molecule has 0 aromatic heterocycles. The standard InChI is InChI=1S/C12H10N2O4/c15-13(16)11-5-1-3-9(7-11)10-4-2-6-12(8-10)14(17)18/h1-6H,7-8H2. The highest BCUT2D eigenvalue weighted by molar-refractivity contribution is 5.44. The Morgan fingerprint density at radius 2 is 1.22 bits per heavy atom. The summed E-state index contributed by atoms with van der Waals surface area (Å²) in [6.07, 6.45) is 10.0. The Kier molecular flexibility index (Phi) is 3.18. The lowest BCUT2D eigenvalue weighted by Gasteiger charge is -2.11. The van der Waals surface area contributed by atoms with E-state index in [-0.39, 0.29) is 24.2 Å². The molecule has 2 aliphatic rings. The molecule has 6 nitrogen and oxygen atoms in total. The molecule has 18 heavy (non-hydrogen) atoms. The first-order chi connectivity index (χ1) is 8.58. The molecule has 2 rings (SSSR count). The molecule has 0 aromatic carbocycles. The van der Waals surface area contributed by atoms with Gasteiger partial charge in [-0.2, -0.15) is 0 Å². The van der Waals surface area contributed by atoms with Crippen molar-refractivity contribution >= 4 is 0 Å². The van der Waals surface area contributed by atoms with Crippen LogP contribution in [-0.4, -0.2) is 9.85 Å². The van der Waals surface area contributed by atoms with Gasteiger partial charge in [-0.15, -0.1) is 0 Å². The minimum atomic E-state index is -0.430. The van der Waals surface area contributed by atoms with Crippen LogP contribution in [-0.2, 0) is 0 Å². The molecule has 0 amide bonds. The molecule has 92 valence electrons. The van der Waals surface area contributed by atoms with Crippen molar-refractivity contribution in [1.29, 1.82) is 0 Å². The Labute approximate surface area is 103 Å². The highest BCUT2D eigenvalue weighted by atomic mass is 16.6. The molecule has 0 heterocycles. The van der Waals surface area contributed by atoms with Gasteiger partial charge >= 0.3 is 0 Å². The lowest BCUT2D eigenvalue weighted by Crippen LogP contribution is -2.07. The smallest absolute Gasteiger partial charge is 0.250 e. The van der Waals surface area contributed by atoms with Gasteiger partial charge in [0.05, 0.1) is 22.7 Å². The maximum absolute atomic E-state index is 10.7. The highest BCUT2D eigenvalue weighted by Crippen LogP contribution is 2.28. The van der Waals surface area contributed by atoms with Gasteiger partial charge in [0.15, 0.2) is 0 Å². The van der Waals surface area contributed by atoms with Gasteiger partial charge in [0, 0.05) is 12.2 Å². The SMILES string of the molecule is O=[N+]([O-])C1=CC=CC(=C2C=CC=C([N+](=O)[O-])C2)C1. The van der Waals surface area contributed by atoms with Crippen molar-refractivity contribution in [3.63, 3.8) is 0 Å². The number of hydrogen-bond donors (Lipinski definition) is 0. The normalized spacial score (nSPS) is 22.4. The van der Waals surface area contributed by atoms with E-state index in [4.69, 9.17) is 0 Å². The van der Waals surface area contributed by atoms with Gasteiger partial charge in [0.2, 0.25) is 0 Å². The summed E-state index contributed by atoms with van der Waals surface area (Å²) in [7, 11) is 0. The average molecular weight is 246 g/mol. The van der Waals surface area contributed by atoms with E-state index in [9.17, 15) is 20.2 Å². The molecule has 0 unspecified atom stereocenters. The molecular formula is C12H10N2O4. The van der Waals surface area contributed by atoms with Crippen molar-refractivity contribution in [2.24, 2.45) is 0 Å². The van der Waals surface area contributed by atoms with Gasteiger partial charge in [-0.05, 0) is 11.1 Å². The summed E-state index contributed by atoms with van der Waals surface area (Å²) >= 11 is 0. The fourth-order valence-corrected chi connectivity index (χ4v) is 1.87. The molecule has 0 spiro atoms. The Morgan fingerprint density at radius 3 is 1.56 bits per heavy atom. The van der Waals surface area contributed by atoms with E-state index in [1.807, 2.05) is 0 Å². The minimum Gasteiger partial charge on any atom is -0.259 e. The van der Waals surface area contributed by atoms with Crippen LogP contribution in [0, 0.1) is 20.2 Å². The van der Waals surface area contributed by atoms with E-state index in [1.165, 1.54) is 12.2 Å². The van der Waals surface area contributed by atoms with Crippen molar-refractivity contribution in [2.75, 3.05) is 0 Å². The topological polar surface area (TPSA) is 86.3 Å². The molecule has 0 atom stereocenters. The summed E-state index contributed by atoms with van der Waals surface area (Å²) in [6.45, 7) is 0. The van der Waals surface area contributed by atoms with Crippen molar-refractivity contribution in [2.45, 2.75) is 12.8 Å². The molecular weight excluding hydrogens is 236 g/mol. The minimum absolute atomic E-state index is 0.102. The first-order valence-corrected chi connectivity index (χ1v) is 5.33. The molecule has 0 aliphatic heterocycles. The number of rotatable bonds is 2. The molecule has 2 aliphatic carbocycles. The molecule has 0 bridgehead atoms.